The third kappa shape index (κ3) is 3.24. The molecule has 2 aliphatic carbocycles. The molecule has 4 heterocycles. The van der Waals surface area contributed by atoms with E-state index in [2.05, 4.69) is 31.5 Å². The first-order valence-corrected chi connectivity index (χ1v) is 11.6. The summed E-state index contributed by atoms with van der Waals surface area (Å²) in [5, 5.41) is 21.5. The molecular weight excluding hydrogens is 434 g/mol. The van der Waals surface area contributed by atoms with Gasteiger partial charge in [0.1, 0.15) is 17.0 Å². The molecule has 0 spiro atoms. The van der Waals surface area contributed by atoms with Gasteiger partial charge in [-0.1, -0.05) is 0 Å². The van der Waals surface area contributed by atoms with Gasteiger partial charge >= 0.3 is 0 Å². The number of amides is 1. The van der Waals surface area contributed by atoms with Crippen molar-refractivity contribution in [2.24, 2.45) is 0 Å². The SMILES string of the molecule is CNc1cc(-c2cn(C3CC(O)C3)c3ncccc23)nc2c(C(=O)N[C@H]3CC[C@@H]3OC)cnn12. The molecule has 0 saturated heterocycles. The molecule has 2 atom stereocenters. The highest BCUT2D eigenvalue weighted by molar-refractivity contribution is 6.01. The van der Waals surface area contributed by atoms with Gasteiger partial charge in [0.2, 0.25) is 0 Å². The minimum absolute atomic E-state index is 0.00119. The molecule has 0 bridgehead atoms. The van der Waals surface area contributed by atoms with Crippen LogP contribution in [-0.4, -0.2) is 67.6 Å². The van der Waals surface area contributed by atoms with Crippen molar-refractivity contribution in [1.29, 1.82) is 0 Å². The van der Waals surface area contributed by atoms with E-state index < -0.39 is 0 Å². The highest BCUT2D eigenvalue weighted by Gasteiger charge is 2.33. The maximum absolute atomic E-state index is 13.1. The Kier molecular flexibility index (Phi) is 5.00. The van der Waals surface area contributed by atoms with Crippen molar-refractivity contribution in [3.05, 3.63) is 42.4 Å². The van der Waals surface area contributed by atoms with E-state index in [0.29, 0.717) is 24.1 Å². The second-order valence-electron chi connectivity index (χ2n) is 9.11. The number of rotatable bonds is 6. The van der Waals surface area contributed by atoms with Crippen LogP contribution in [0, 0.1) is 0 Å². The van der Waals surface area contributed by atoms with Gasteiger partial charge in [-0.05, 0) is 37.8 Å². The van der Waals surface area contributed by atoms with Gasteiger partial charge in [0.15, 0.2) is 5.65 Å². The lowest BCUT2D eigenvalue weighted by Gasteiger charge is -2.35. The largest absolute Gasteiger partial charge is 0.393 e. The minimum Gasteiger partial charge on any atom is -0.393 e. The zero-order chi connectivity index (χ0) is 23.4. The second kappa shape index (κ2) is 8.07. The van der Waals surface area contributed by atoms with Crippen LogP contribution >= 0.6 is 0 Å². The fourth-order valence-corrected chi connectivity index (χ4v) is 4.95. The van der Waals surface area contributed by atoms with Crippen molar-refractivity contribution in [2.75, 3.05) is 19.5 Å². The summed E-state index contributed by atoms with van der Waals surface area (Å²) in [5.74, 6) is 0.516. The van der Waals surface area contributed by atoms with Gasteiger partial charge in [0, 0.05) is 49.6 Å². The average molecular weight is 462 g/mol. The van der Waals surface area contributed by atoms with E-state index in [9.17, 15) is 9.90 Å². The number of carbonyl (C=O) groups excluding carboxylic acids is 1. The third-order valence-corrected chi connectivity index (χ3v) is 7.15. The van der Waals surface area contributed by atoms with Crippen molar-refractivity contribution in [3.63, 3.8) is 0 Å². The van der Waals surface area contributed by atoms with E-state index in [0.717, 1.165) is 41.0 Å². The van der Waals surface area contributed by atoms with Crippen LogP contribution in [0.2, 0.25) is 0 Å². The summed E-state index contributed by atoms with van der Waals surface area (Å²) in [6.07, 6.45) is 8.44. The van der Waals surface area contributed by atoms with Gasteiger partial charge in [-0.3, -0.25) is 4.79 Å². The number of aliphatic hydroxyl groups is 1. The number of nitrogens with one attached hydrogen (secondary N) is 2. The standard InChI is InChI=1S/C24H27N7O3/c1-25-21-10-19(17-12-30(13-8-14(32)9-13)22-15(17)4-3-7-26-22)28-23-16(11-27-31(21)23)24(33)29-18-5-6-20(18)34-2/h3-4,7,10-14,18,20,25,32H,5-6,8-9H2,1-2H3,(H,29,33)/t13?,14?,18-,20-/m0/s1. The number of nitrogens with zero attached hydrogens (tertiary/aromatic N) is 5. The van der Waals surface area contributed by atoms with Crippen LogP contribution in [0.1, 0.15) is 42.1 Å². The number of anilines is 1. The van der Waals surface area contributed by atoms with Gasteiger partial charge in [0.05, 0.1) is 30.1 Å². The molecule has 2 saturated carbocycles. The van der Waals surface area contributed by atoms with Gasteiger partial charge < -0.3 is 25.0 Å². The fourth-order valence-electron chi connectivity index (χ4n) is 4.95. The lowest BCUT2D eigenvalue weighted by molar-refractivity contribution is 0.00732. The Morgan fingerprint density at radius 2 is 2.12 bits per heavy atom. The number of hydrogen-bond acceptors (Lipinski definition) is 7. The zero-order valence-corrected chi connectivity index (χ0v) is 19.1. The van der Waals surface area contributed by atoms with Crippen molar-refractivity contribution >= 4 is 28.4 Å². The van der Waals surface area contributed by atoms with Crippen LogP contribution < -0.4 is 10.6 Å². The van der Waals surface area contributed by atoms with E-state index >= 15 is 0 Å². The van der Waals surface area contributed by atoms with Crippen LogP contribution in [0.3, 0.4) is 0 Å². The van der Waals surface area contributed by atoms with Crippen molar-refractivity contribution < 1.29 is 14.6 Å². The summed E-state index contributed by atoms with van der Waals surface area (Å²) in [6.45, 7) is 0. The summed E-state index contributed by atoms with van der Waals surface area (Å²) < 4.78 is 9.19. The van der Waals surface area contributed by atoms with Crippen LogP contribution in [-0.2, 0) is 4.74 Å². The second-order valence-corrected chi connectivity index (χ2v) is 9.11. The summed E-state index contributed by atoms with van der Waals surface area (Å²) in [7, 11) is 3.49. The summed E-state index contributed by atoms with van der Waals surface area (Å²) in [6, 6.07) is 6.07. The van der Waals surface area contributed by atoms with E-state index in [1.165, 1.54) is 0 Å². The number of hydrogen-bond donors (Lipinski definition) is 3. The Hall–Kier alpha value is -3.50. The quantitative estimate of drug-likeness (QED) is 0.403. The van der Waals surface area contributed by atoms with Gasteiger partial charge in [0.25, 0.3) is 5.91 Å². The normalized spacial score (nSPS) is 24.1. The van der Waals surface area contributed by atoms with Gasteiger partial charge in [-0.25, -0.2) is 9.97 Å². The molecule has 0 unspecified atom stereocenters. The maximum Gasteiger partial charge on any atom is 0.257 e. The van der Waals surface area contributed by atoms with E-state index in [-0.39, 0.29) is 30.2 Å². The highest BCUT2D eigenvalue weighted by Crippen LogP contribution is 2.38. The summed E-state index contributed by atoms with van der Waals surface area (Å²) >= 11 is 0. The summed E-state index contributed by atoms with van der Waals surface area (Å²) in [5.41, 5.74) is 3.42. The molecule has 10 nitrogen and oxygen atoms in total. The Morgan fingerprint density at radius 1 is 1.26 bits per heavy atom. The lowest BCUT2D eigenvalue weighted by atomic mass is 9.89. The first kappa shape index (κ1) is 21.1. The Morgan fingerprint density at radius 3 is 2.82 bits per heavy atom. The summed E-state index contributed by atoms with van der Waals surface area (Å²) in [4.78, 5) is 22.6. The molecule has 4 aromatic heterocycles. The molecule has 0 radical (unpaired) electrons. The monoisotopic (exact) mass is 461 g/mol. The maximum atomic E-state index is 13.1. The van der Waals surface area contributed by atoms with Crippen LogP contribution in [0.25, 0.3) is 27.9 Å². The molecule has 4 aromatic rings. The topological polar surface area (TPSA) is 119 Å². The smallest absolute Gasteiger partial charge is 0.257 e. The number of aliphatic hydroxyl groups excluding tert-OH is 1. The molecule has 6 rings (SSSR count). The average Bonchev–Trinajstić information content (AvgIpc) is 3.41. The van der Waals surface area contributed by atoms with E-state index in [1.54, 1.807) is 24.0 Å². The number of methoxy groups -OCH3 is 1. The van der Waals surface area contributed by atoms with Crippen LogP contribution in [0.4, 0.5) is 5.82 Å². The Labute approximate surface area is 196 Å². The molecule has 0 aliphatic heterocycles. The number of pyridine rings is 1. The lowest BCUT2D eigenvalue weighted by Crippen LogP contribution is -2.51. The first-order valence-electron chi connectivity index (χ1n) is 11.6. The Balaban J connectivity index is 1.44. The van der Waals surface area contributed by atoms with Crippen molar-refractivity contribution in [2.45, 2.75) is 50.0 Å². The zero-order valence-electron chi connectivity index (χ0n) is 19.1. The fraction of sp³-hybridized carbons (Fsp3) is 0.417. The molecule has 176 valence electrons. The molecular formula is C24H27N7O3. The molecule has 0 aromatic carbocycles. The molecule has 3 N–H and O–H groups in total. The molecule has 1 amide bonds. The van der Waals surface area contributed by atoms with Crippen LogP contribution in [0.15, 0.2) is 36.8 Å². The van der Waals surface area contributed by atoms with Gasteiger partial charge in [-0.2, -0.15) is 9.61 Å². The van der Waals surface area contributed by atoms with Gasteiger partial charge in [-0.15, -0.1) is 0 Å². The minimum atomic E-state index is -0.263. The third-order valence-electron chi connectivity index (χ3n) is 7.15. The molecule has 34 heavy (non-hydrogen) atoms. The number of ether oxygens (including phenoxy) is 1. The van der Waals surface area contributed by atoms with E-state index in [1.807, 2.05) is 25.2 Å². The van der Waals surface area contributed by atoms with Crippen molar-refractivity contribution in [1.82, 2.24) is 29.5 Å². The number of carbonyl (C=O) groups is 1. The number of fused-ring (bicyclic) bond motifs is 2. The predicted octanol–water partition coefficient (Wildman–Crippen LogP) is 2.39. The van der Waals surface area contributed by atoms with Crippen LogP contribution in [0.5, 0.6) is 0 Å². The first-order chi connectivity index (χ1) is 16.6. The number of aromatic nitrogens is 5. The molecule has 2 aliphatic rings. The van der Waals surface area contributed by atoms with E-state index in [4.69, 9.17) is 9.72 Å². The van der Waals surface area contributed by atoms with Crippen molar-refractivity contribution in [3.8, 4) is 11.3 Å². The predicted molar refractivity (Wildman–Crippen MR) is 127 cm³/mol. The highest BCUT2D eigenvalue weighted by atomic mass is 16.5. The molecule has 10 heteroatoms. The Bertz CT molecular complexity index is 1390. The molecule has 2 fully saturated rings.